The molecule has 0 aliphatic carbocycles. The van der Waals surface area contributed by atoms with Crippen molar-refractivity contribution < 1.29 is 14.3 Å². The van der Waals surface area contributed by atoms with Crippen LogP contribution in [0.5, 0.6) is 0 Å². The molecule has 2 aromatic carbocycles. The van der Waals surface area contributed by atoms with E-state index in [2.05, 4.69) is 26.0 Å². The summed E-state index contributed by atoms with van der Waals surface area (Å²) in [6, 6.07) is 15.8. The van der Waals surface area contributed by atoms with Crippen molar-refractivity contribution in [2.45, 2.75) is 48.9 Å². The summed E-state index contributed by atoms with van der Waals surface area (Å²) >= 11 is 1.82. The van der Waals surface area contributed by atoms with Crippen LogP contribution in [0.4, 0.5) is 0 Å². The predicted molar refractivity (Wildman–Crippen MR) is 110 cm³/mol. The summed E-state index contributed by atoms with van der Waals surface area (Å²) in [4.78, 5) is 28.3. The summed E-state index contributed by atoms with van der Waals surface area (Å²) in [5, 5.41) is 0.536. The van der Waals surface area contributed by atoms with E-state index in [1.807, 2.05) is 53.1 Å². The monoisotopic (exact) mass is 395 g/mol. The molecule has 1 fully saturated rings. The minimum atomic E-state index is -0.681. The summed E-state index contributed by atoms with van der Waals surface area (Å²) < 4.78 is 5.81. The number of rotatable bonds is 4. The van der Waals surface area contributed by atoms with Gasteiger partial charge in [-0.05, 0) is 36.6 Å². The smallest absolute Gasteiger partial charge is 0.339 e. The molecule has 4 nitrogen and oxygen atoms in total. The summed E-state index contributed by atoms with van der Waals surface area (Å²) in [6.07, 6.45) is 1.97. The van der Waals surface area contributed by atoms with Gasteiger partial charge in [0.25, 0.3) is 0 Å². The van der Waals surface area contributed by atoms with Gasteiger partial charge < -0.3 is 9.64 Å². The number of likely N-dealkylation sites (tertiary alicyclic amines) is 1. The van der Waals surface area contributed by atoms with Gasteiger partial charge in [0.2, 0.25) is 5.91 Å². The predicted octanol–water partition coefficient (Wildman–Crippen LogP) is 4.42. The van der Waals surface area contributed by atoms with Crippen molar-refractivity contribution in [3.05, 3.63) is 65.2 Å². The van der Waals surface area contributed by atoms with E-state index in [1.54, 1.807) is 0 Å². The summed E-state index contributed by atoms with van der Waals surface area (Å²) in [5.74, 6) is -0.188. The number of carbonyl (C=O) groups excluding carboxylic acids is 2. The van der Waals surface area contributed by atoms with Gasteiger partial charge in [0.05, 0.1) is 18.5 Å². The van der Waals surface area contributed by atoms with Gasteiger partial charge in [-0.1, -0.05) is 44.2 Å². The van der Waals surface area contributed by atoms with Gasteiger partial charge in [0.1, 0.15) is 0 Å². The van der Waals surface area contributed by atoms with Crippen molar-refractivity contribution in [2.24, 2.45) is 0 Å². The van der Waals surface area contributed by atoms with Crippen LogP contribution in [0.15, 0.2) is 53.4 Å². The third kappa shape index (κ3) is 3.68. The van der Waals surface area contributed by atoms with Crippen LogP contribution in [0.2, 0.25) is 0 Å². The number of carbonyl (C=O) groups is 2. The van der Waals surface area contributed by atoms with E-state index in [4.69, 9.17) is 4.74 Å². The standard InChI is InChI=1S/C23H25NO3S/c1-16(2)28-18-10-8-17(9-11-18)14-21(25)24-13-5-12-23(15-24)20-7-4-3-6-19(20)22(26)27-23/h3-4,6-11,16H,5,12-15H2,1-2H3. The number of hydrogen-bond donors (Lipinski definition) is 0. The molecule has 146 valence electrons. The number of fused-ring (bicyclic) bond motifs is 2. The Bertz CT molecular complexity index is 893. The van der Waals surface area contributed by atoms with Gasteiger partial charge in [0, 0.05) is 22.3 Å². The minimum absolute atomic E-state index is 0.0868. The van der Waals surface area contributed by atoms with Crippen molar-refractivity contribution in [3.8, 4) is 0 Å². The molecule has 2 heterocycles. The molecule has 0 saturated carbocycles. The molecule has 1 saturated heterocycles. The van der Waals surface area contributed by atoms with Gasteiger partial charge >= 0.3 is 5.97 Å². The van der Waals surface area contributed by atoms with Crippen LogP contribution in [0.1, 0.15) is 48.2 Å². The number of esters is 1. The first-order chi connectivity index (χ1) is 13.5. The largest absolute Gasteiger partial charge is 0.449 e. The molecule has 1 spiro atoms. The molecule has 1 unspecified atom stereocenters. The molecule has 2 aromatic rings. The van der Waals surface area contributed by atoms with Crippen LogP contribution in [-0.4, -0.2) is 35.1 Å². The topological polar surface area (TPSA) is 46.6 Å². The zero-order valence-electron chi connectivity index (χ0n) is 16.3. The molecular weight excluding hydrogens is 370 g/mol. The fourth-order valence-electron chi connectivity index (χ4n) is 4.13. The number of hydrogen-bond acceptors (Lipinski definition) is 4. The average molecular weight is 396 g/mol. The van der Waals surface area contributed by atoms with E-state index in [9.17, 15) is 9.59 Å². The fourth-order valence-corrected chi connectivity index (χ4v) is 4.97. The molecule has 2 aliphatic heterocycles. The highest BCUT2D eigenvalue weighted by Gasteiger charge is 2.48. The van der Waals surface area contributed by atoms with Crippen molar-refractivity contribution in [1.82, 2.24) is 4.90 Å². The molecule has 1 atom stereocenters. The van der Waals surface area contributed by atoms with E-state index in [0.29, 0.717) is 30.3 Å². The van der Waals surface area contributed by atoms with Crippen LogP contribution in [0.3, 0.4) is 0 Å². The molecule has 1 amide bonds. The summed E-state index contributed by atoms with van der Waals surface area (Å²) in [7, 11) is 0. The zero-order chi connectivity index (χ0) is 19.7. The number of piperidine rings is 1. The quantitative estimate of drug-likeness (QED) is 0.568. The van der Waals surface area contributed by atoms with Gasteiger partial charge in [-0.2, -0.15) is 0 Å². The molecule has 0 aromatic heterocycles. The van der Waals surface area contributed by atoms with E-state index in [1.165, 1.54) is 4.90 Å². The maximum Gasteiger partial charge on any atom is 0.339 e. The second-order valence-electron chi connectivity index (χ2n) is 7.84. The van der Waals surface area contributed by atoms with Crippen LogP contribution in [-0.2, 0) is 21.6 Å². The minimum Gasteiger partial charge on any atom is -0.449 e. The number of ether oxygens (including phenoxy) is 1. The average Bonchev–Trinajstić information content (AvgIpc) is 2.95. The normalized spacial score (nSPS) is 21.1. The Labute approximate surface area is 170 Å². The molecule has 0 radical (unpaired) electrons. The van der Waals surface area contributed by atoms with Crippen molar-refractivity contribution in [1.29, 1.82) is 0 Å². The van der Waals surface area contributed by atoms with Gasteiger partial charge in [-0.15, -0.1) is 11.8 Å². The zero-order valence-corrected chi connectivity index (χ0v) is 17.1. The summed E-state index contributed by atoms with van der Waals surface area (Å²) in [6.45, 7) is 5.49. The Balaban J connectivity index is 1.47. The highest BCUT2D eigenvalue weighted by molar-refractivity contribution is 7.99. The molecule has 4 rings (SSSR count). The Kier molecular flexibility index (Phi) is 5.19. The first kappa shape index (κ1) is 19.1. The third-order valence-corrected chi connectivity index (χ3v) is 6.40. The van der Waals surface area contributed by atoms with E-state index >= 15 is 0 Å². The highest BCUT2D eigenvalue weighted by atomic mass is 32.2. The lowest BCUT2D eigenvalue weighted by atomic mass is 9.85. The Hall–Kier alpha value is -2.27. The van der Waals surface area contributed by atoms with E-state index < -0.39 is 5.60 Å². The number of thioether (sulfide) groups is 1. The fraction of sp³-hybridized carbons (Fsp3) is 0.391. The Morgan fingerprint density at radius 3 is 2.68 bits per heavy atom. The highest BCUT2D eigenvalue weighted by Crippen LogP contribution is 2.42. The SMILES string of the molecule is CC(C)Sc1ccc(CC(=O)N2CCCC3(C2)OC(=O)c2ccccc23)cc1. The second-order valence-corrected chi connectivity index (χ2v) is 9.49. The van der Waals surface area contributed by atoms with Crippen LogP contribution < -0.4 is 0 Å². The van der Waals surface area contributed by atoms with Gasteiger partial charge in [-0.25, -0.2) is 4.79 Å². The maximum atomic E-state index is 12.9. The van der Waals surface area contributed by atoms with Crippen molar-refractivity contribution in [2.75, 3.05) is 13.1 Å². The van der Waals surface area contributed by atoms with E-state index in [-0.39, 0.29) is 11.9 Å². The molecule has 5 heteroatoms. The molecule has 2 aliphatic rings. The molecule has 0 N–H and O–H groups in total. The third-order valence-electron chi connectivity index (χ3n) is 5.38. The molecule has 0 bridgehead atoms. The van der Waals surface area contributed by atoms with Crippen molar-refractivity contribution in [3.63, 3.8) is 0 Å². The Morgan fingerprint density at radius 1 is 1.18 bits per heavy atom. The molecule has 28 heavy (non-hydrogen) atoms. The van der Waals surface area contributed by atoms with Crippen LogP contribution >= 0.6 is 11.8 Å². The maximum absolute atomic E-state index is 12.9. The number of amides is 1. The first-order valence-corrected chi connectivity index (χ1v) is 10.7. The van der Waals surface area contributed by atoms with Crippen LogP contribution in [0.25, 0.3) is 0 Å². The summed E-state index contributed by atoms with van der Waals surface area (Å²) in [5.41, 5.74) is 1.89. The van der Waals surface area contributed by atoms with Crippen LogP contribution in [0, 0.1) is 0 Å². The Morgan fingerprint density at radius 2 is 1.93 bits per heavy atom. The lowest BCUT2D eigenvalue weighted by molar-refractivity contribution is -0.138. The number of nitrogens with zero attached hydrogens (tertiary/aromatic N) is 1. The number of benzene rings is 2. The molecular formula is C23H25NO3S. The lowest BCUT2D eigenvalue weighted by Gasteiger charge is -2.39. The van der Waals surface area contributed by atoms with Crippen molar-refractivity contribution >= 4 is 23.6 Å². The van der Waals surface area contributed by atoms with Gasteiger partial charge in [-0.3, -0.25) is 4.79 Å². The van der Waals surface area contributed by atoms with Gasteiger partial charge in [0.15, 0.2) is 5.60 Å². The second kappa shape index (κ2) is 7.63. The first-order valence-electron chi connectivity index (χ1n) is 9.83. The van der Waals surface area contributed by atoms with E-state index in [0.717, 1.165) is 24.0 Å². The lowest BCUT2D eigenvalue weighted by Crippen LogP contribution is -2.49.